The molecule has 348 valence electrons. The van der Waals surface area contributed by atoms with Crippen molar-refractivity contribution in [3.63, 3.8) is 0 Å². The van der Waals surface area contributed by atoms with Crippen LogP contribution in [0.4, 0.5) is 0 Å². The van der Waals surface area contributed by atoms with Gasteiger partial charge in [-0.25, -0.2) is 0 Å². The first-order valence-corrected chi connectivity index (χ1v) is 23.3. The highest BCUT2D eigenvalue weighted by Crippen LogP contribution is 2.70. The molecule has 0 aromatic rings. The van der Waals surface area contributed by atoms with E-state index in [-0.39, 0.29) is 28.8 Å². The third-order valence-corrected chi connectivity index (χ3v) is 17.9. The van der Waals surface area contributed by atoms with Crippen molar-refractivity contribution >= 4 is 0 Å². The first-order chi connectivity index (χ1) is 28.9. The number of hydrogen-bond acceptors (Lipinski definition) is 16. The maximum Gasteiger partial charge on any atom is 0.187 e. The molecule has 2 unspecified atom stereocenters. The Morgan fingerprint density at radius 3 is 1.98 bits per heavy atom. The summed E-state index contributed by atoms with van der Waals surface area (Å²) in [5.41, 5.74) is 1.38. The molecule has 0 aromatic carbocycles. The molecule has 0 radical (unpaired) electrons. The second-order valence-corrected chi connectivity index (χ2v) is 21.2. The van der Waals surface area contributed by atoms with Crippen molar-refractivity contribution in [2.24, 2.45) is 46.3 Å². The van der Waals surface area contributed by atoms with Crippen LogP contribution in [0.1, 0.15) is 99.3 Å². The summed E-state index contributed by atoms with van der Waals surface area (Å²) < 4.78 is 44.1. The van der Waals surface area contributed by atoms with Crippen LogP contribution in [0.5, 0.6) is 0 Å². The average Bonchev–Trinajstić information content (AvgIpc) is 3.69. The fraction of sp³-hybridized carbons (Fsp3) is 0.956. The van der Waals surface area contributed by atoms with E-state index in [2.05, 4.69) is 39.1 Å². The summed E-state index contributed by atoms with van der Waals surface area (Å²) in [4.78, 5) is 0. The molecular formula is C45H73NO15. The van der Waals surface area contributed by atoms with Gasteiger partial charge in [0.1, 0.15) is 66.8 Å². The van der Waals surface area contributed by atoms with Crippen molar-refractivity contribution in [1.82, 2.24) is 5.32 Å². The van der Waals surface area contributed by atoms with Crippen LogP contribution in [0.15, 0.2) is 11.6 Å². The van der Waals surface area contributed by atoms with E-state index in [1.807, 2.05) is 0 Å². The van der Waals surface area contributed by atoms with Crippen molar-refractivity contribution in [3.8, 4) is 0 Å². The molecule has 5 saturated heterocycles. The van der Waals surface area contributed by atoms with Gasteiger partial charge in [0, 0.05) is 12.5 Å². The van der Waals surface area contributed by atoms with Crippen LogP contribution in [-0.4, -0.2) is 164 Å². The molecule has 0 aromatic heterocycles. The van der Waals surface area contributed by atoms with Crippen molar-refractivity contribution in [1.29, 1.82) is 0 Å². The first-order valence-electron chi connectivity index (χ1n) is 23.3. The van der Waals surface area contributed by atoms with Crippen LogP contribution in [0, 0.1) is 46.3 Å². The predicted octanol–water partition coefficient (Wildman–Crippen LogP) is 0.815. The molecule has 5 aliphatic heterocycles. The lowest BCUT2D eigenvalue weighted by Gasteiger charge is -2.59. The molecule has 1 spiro atoms. The quantitative estimate of drug-likeness (QED) is 0.161. The lowest BCUT2D eigenvalue weighted by molar-refractivity contribution is -0.393. The number of rotatable bonds is 7. The molecule has 9 aliphatic rings. The normalized spacial score (nSPS) is 58.4. The van der Waals surface area contributed by atoms with Crippen molar-refractivity contribution in [2.45, 2.75) is 209 Å². The van der Waals surface area contributed by atoms with Crippen LogP contribution in [0.3, 0.4) is 0 Å². The number of ether oxygens (including phenoxy) is 7. The molecule has 16 nitrogen and oxygen atoms in total. The van der Waals surface area contributed by atoms with E-state index < -0.39 is 98.7 Å². The highest BCUT2D eigenvalue weighted by Gasteiger charge is 2.68. The molecule has 5 heterocycles. The fourth-order valence-corrected chi connectivity index (χ4v) is 14.1. The monoisotopic (exact) mass is 867 g/mol. The molecule has 9 N–H and O–H groups in total. The van der Waals surface area contributed by atoms with E-state index in [4.69, 9.17) is 33.2 Å². The molecule has 4 aliphatic carbocycles. The third kappa shape index (κ3) is 7.42. The zero-order valence-electron chi connectivity index (χ0n) is 36.6. The van der Waals surface area contributed by atoms with Gasteiger partial charge in [0.05, 0.1) is 31.0 Å². The summed E-state index contributed by atoms with van der Waals surface area (Å²) in [6.45, 7) is 13.2. The summed E-state index contributed by atoms with van der Waals surface area (Å²) in [6, 6.07) is 0. The van der Waals surface area contributed by atoms with Crippen molar-refractivity contribution in [3.05, 3.63) is 11.6 Å². The van der Waals surface area contributed by atoms with E-state index in [0.717, 1.165) is 32.2 Å². The minimum absolute atomic E-state index is 0.0148. The Morgan fingerprint density at radius 2 is 1.36 bits per heavy atom. The zero-order chi connectivity index (χ0) is 43.5. The molecule has 0 amide bonds. The van der Waals surface area contributed by atoms with E-state index in [9.17, 15) is 40.9 Å². The van der Waals surface area contributed by atoms with Crippen LogP contribution >= 0.6 is 0 Å². The third-order valence-electron chi connectivity index (χ3n) is 17.9. The minimum atomic E-state index is -1.73. The van der Waals surface area contributed by atoms with Gasteiger partial charge in [-0.05, 0) is 112 Å². The summed E-state index contributed by atoms with van der Waals surface area (Å²) in [5.74, 6) is 3.40. The van der Waals surface area contributed by atoms with Gasteiger partial charge >= 0.3 is 0 Å². The molecule has 3 saturated carbocycles. The first kappa shape index (κ1) is 45.3. The molecule has 8 fully saturated rings. The van der Waals surface area contributed by atoms with Gasteiger partial charge in [-0.3, -0.25) is 5.32 Å². The number of hydrogen-bond donors (Lipinski definition) is 9. The second-order valence-electron chi connectivity index (χ2n) is 21.2. The topological polar surface area (TPSA) is 238 Å². The van der Waals surface area contributed by atoms with Gasteiger partial charge in [0.15, 0.2) is 18.9 Å². The lowest BCUT2D eigenvalue weighted by Crippen LogP contribution is -2.67. The highest BCUT2D eigenvalue weighted by molar-refractivity contribution is 5.26. The number of allylic oxidation sites excluding steroid dienone is 1. The Bertz CT molecular complexity index is 1600. The maximum absolute atomic E-state index is 11.6. The van der Waals surface area contributed by atoms with Crippen LogP contribution in [0.2, 0.25) is 0 Å². The van der Waals surface area contributed by atoms with Gasteiger partial charge in [-0.15, -0.1) is 0 Å². The SMILES string of the molecule is CC1CCC2(NC1)O[C@H]1C[C@H]3[C@@H]4CC=C5C[C@@H](O[C@@H]6O[C@H](CO)[C@@H](O)[C@H](O[C@@H]7O[C@@H](C)[C@H](O)[C@@H](O)[C@H]7O)[C@H]6O[C@@H]6O[C@@H](C)[C@H](O)[C@@H](O)[C@H]6O)CC[C@]5(C)[C@H]4CC[C@]3(C)[C@H]1[C@@H]2C. The summed E-state index contributed by atoms with van der Waals surface area (Å²) in [7, 11) is 0. The van der Waals surface area contributed by atoms with Crippen molar-refractivity contribution < 1.29 is 74.0 Å². The van der Waals surface area contributed by atoms with E-state index in [1.165, 1.54) is 38.7 Å². The van der Waals surface area contributed by atoms with E-state index in [1.54, 1.807) is 0 Å². The molecule has 16 heteroatoms. The summed E-state index contributed by atoms with van der Waals surface area (Å²) in [6.07, 6.45) is -10.2. The molecule has 26 atom stereocenters. The van der Waals surface area contributed by atoms with Crippen LogP contribution in [-0.2, 0) is 33.2 Å². The standard InChI is InChI=1S/C45H73NO15/c1-19-9-14-45(46-17-19)20(2)30-28(61-45)16-27-25-8-7-23-15-24(10-12-43(23,5)26(25)11-13-44(27,30)6)57-42-39(60-41-37(54)35(52)32(49)22(4)56-41)38(33(50)29(18-47)58-42)59-40-36(53)34(51)31(48)21(3)55-40/h7,19-22,24-42,46-54H,8-18H2,1-6H3/t19?,20-,21-,22-,24-,25+,26-,27-,28-,29+,30-,31-,32-,33+,34+,35+,36+,37+,38-,39+,40-,41-,42+,43-,44-,45?/m0/s1. The van der Waals surface area contributed by atoms with Gasteiger partial charge in [-0.1, -0.05) is 39.3 Å². The Morgan fingerprint density at radius 1 is 0.705 bits per heavy atom. The molecule has 0 bridgehead atoms. The molecule has 61 heavy (non-hydrogen) atoms. The van der Waals surface area contributed by atoms with Gasteiger partial charge in [-0.2, -0.15) is 0 Å². The van der Waals surface area contributed by atoms with E-state index >= 15 is 0 Å². The molecule has 9 rings (SSSR count). The van der Waals surface area contributed by atoms with E-state index in [0.29, 0.717) is 48.3 Å². The smallest absolute Gasteiger partial charge is 0.187 e. The number of piperidine rings is 1. The summed E-state index contributed by atoms with van der Waals surface area (Å²) in [5, 5.41) is 89.7. The fourth-order valence-electron chi connectivity index (χ4n) is 14.1. The Hall–Kier alpha value is -0.900. The van der Waals surface area contributed by atoms with Gasteiger partial charge < -0.3 is 74.0 Å². The van der Waals surface area contributed by atoms with Gasteiger partial charge in [0.2, 0.25) is 0 Å². The minimum Gasteiger partial charge on any atom is -0.394 e. The summed E-state index contributed by atoms with van der Waals surface area (Å²) >= 11 is 0. The number of nitrogens with one attached hydrogen (secondary N) is 1. The average molecular weight is 868 g/mol. The Balaban J connectivity index is 0.937. The highest BCUT2D eigenvalue weighted by atomic mass is 16.8. The van der Waals surface area contributed by atoms with Crippen LogP contribution < -0.4 is 5.32 Å². The lowest BCUT2D eigenvalue weighted by atomic mass is 9.47. The van der Waals surface area contributed by atoms with Crippen molar-refractivity contribution in [2.75, 3.05) is 13.2 Å². The van der Waals surface area contributed by atoms with Crippen LogP contribution in [0.25, 0.3) is 0 Å². The van der Waals surface area contributed by atoms with Gasteiger partial charge in [0.25, 0.3) is 0 Å². The number of fused-ring (bicyclic) bond motifs is 7. The zero-order valence-corrected chi connectivity index (χ0v) is 36.6. The second kappa shape index (κ2) is 16.8. The number of aliphatic hydroxyl groups excluding tert-OH is 8. The number of aliphatic hydroxyl groups is 8. The predicted molar refractivity (Wildman–Crippen MR) is 215 cm³/mol. The Kier molecular flexibility index (Phi) is 12.4. The maximum atomic E-state index is 11.6. The molecular weight excluding hydrogens is 794 g/mol. The Labute approximate surface area is 359 Å². The largest absolute Gasteiger partial charge is 0.394 e.